The van der Waals surface area contributed by atoms with E-state index in [1.807, 2.05) is 24.3 Å². The van der Waals surface area contributed by atoms with E-state index < -0.39 is 0 Å². The van der Waals surface area contributed by atoms with Gasteiger partial charge in [0.25, 0.3) is 0 Å². The molecule has 13 heavy (non-hydrogen) atoms. The lowest BCUT2D eigenvalue weighted by Gasteiger charge is -2.02. The molecule has 1 heterocycles. The maximum Gasteiger partial charge on any atom is 0.155 e. The molecule has 2 aromatic rings. The number of nitrogens with one attached hydrogen (secondary N) is 1. The Hall–Kier alpha value is -1.68. The van der Waals surface area contributed by atoms with Crippen LogP contribution in [0.2, 0.25) is 0 Å². The Bertz CT molecular complexity index is 380. The molecule has 4 heteroatoms. The van der Waals surface area contributed by atoms with Crippen molar-refractivity contribution in [2.24, 2.45) is 5.73 Å². The van der Waals surface area contributed by atoms with Crippen LogP contribution in [0.3, 0.4) is 0 Å². The number of nitrogens with two attached hydrogens (primary N) is 1. The molecule has 0 spiro atoms. The van der Waals surface area contributed by atoms with Crippen LogP contribution < -0.4 is 5.73 Å². The normalized spacial score (nSPS) is 10.2. The van der Waals surface area contributed by atoms with E-state index in [9.17, 15) is 0 Å². The third-order valence-electron chi connectivity index (χ3n) is 1.91. The van der Waals surface area contributed by atoms with E-state index in [-0.39, 0.29) is 0 Å². The summed E-state index contributed by atoms with van der Waals surface area (Å²) in [4.78, 5) is 4.07. The lowest BCUT2D eigenvalue weighted by molar-refractivity contribution is 1.05. The van der Waals surface area contributed by atoms with Crippen LogP contribution >= 0.6 is 0 Å². The van der Waals surface area contributed by atoms with Crippen molar-refractivity contribution in [3.05, 3.63) is 36.2 Å². The number of aromatic amines is 1. The summed E-state index contributed by atoms with van der Waals surface area (Å²) in [5.41, 5.74) is 7.68. The molecule has 0 radical (unpaired) electrons. The van der Waals surface area contributed by atoms with Gasteiger partial charge >= 0.3 is 0 Å². The zero-order chi connectivity index (χ0) is 9.10. The average molecular weight is 174 g/mol. The highest BCUT2D eigenvalue weighted by Crippen LogP contribution is 2.18. The number of hydrogen-bond acceptors (Lipinski definition) is 3. The van der Waals surface area contributed by atoms with E-state index in [0.29, 0.717) is 6.54 Å². The second-order valence-corrected chi connectivity index (χ2v) is 2.70. The number of nitrogens with zero attached hydrogens (tertiary/aromatic N) is 2. The van der Waals surface area contributed by atoms with Gasteiger partial charge in [-0.15, -0.1) is 0 Å². The summed E-state index contributed by atoms with van der Waals surface area (Å²) >= 11 is 0. The Morgan fingerprint density at radius 2 is 2.15 bits per heavy atom. The molecule has 66 valence electrons. The smallest absolute Gasteiger partial charge is 0.155 e. The van der Waals surface area contributed by atoms with Crippen molar-refractivity contribution in [2.75, 3.05) is 0 Å². The summed E-state index contributed by atoms with van der Waals surface area (Å²) in [5, 5.41) is 6.61. The van der Waals surface area contributed by atoms with Gasteiger partial charge in [-0.1, -0.05) is 24.3 Å². The molecule has 0 bridgehead atoms. The molecular weight excluding hydrogens is 164 g/mol. The van der Waals surface area contributed by atoms with E-state index in [1.165, 1.54) is 6.33 Å². The number of benzene rings is 1. The molecule has 0 saturated carbocycles. The SMILES string of the molecule is NCc1ccccc1-c1ncn[nH]1. The number of H-pyrrole nitrogens is 1. The summed E-state index contributed by atoms with van der Waals surface area (Å²) in [5.74, 6) is 0.765. The molecule has 0 unspecified atom stereocenters. The van der Waals surface area contributed by atoms with Crippen LogP contribution in [-0.2, 0) is 6.54 Å². The zero-order valence-electron chi connectivity index (χ0n) is 7.07. The monoisotopic (exact) mass is 174 g/mol. The molecule has 0 saturated heterocycles. The zero-order valence-corrected chi connectivity index (χ0v) is 7.07. The second-order valence-electron chi connectivity index (χ2n) is 2.70. The van der Waals surface area contributed by atoms with Crippen LogP contribution in [0.4, 0.5) is 0 Å². The van der Waals surface area contributed by atoms with Crippen LogP contribution in [0.5, 0.6) is 0 Å². The summed E-state index contributed by atoms with van der Waals surface area (Å²) < 4.78 is 0. The highest BCUT2D eigenvalue weighted by atomic mass is 15.2. The molecule has 0 amide bonds. The van der Waals surface area contributed by atoms with Gasteiger partial charge in [-0.05, 0) is 5.56 Å². The van der Waals surface area contributed by atoms with E-state index in [0.717, 1.165) is 17.0 Å². The lowest BCUT2D eigenvalue weighted by Crippen LogP contribution is -1.99. The van der Waals surface area contributed by atoms with Crippen molar-refractivity contribution in [3.8, 4) is 11.4 Å². The van der Waals surface area contributed by atoms with Gasteiger partial charge in [0.2, 0.25) is 0 Å². The summed E-state index contributed by atoms with van der Waals surface area (Å²) in [6, 6.07) is 7.87. The van der Waals surface area contributed by atoms with Gasteiger partial charge in [0, 0.05) is 12.1 Å². The first-order chi connectivity index (χ1) is 6.42. The molecule has 1 aromatic heterocycles. The van der Waals surface area contributed by atoms with Crippen LogP contribution in [0, 0.1) is 0 Å². The molecular formula is C9H10N4. The summed E-state index contributed by atoms with van der Waals surface area (Å²) in [6.07, 6.45) is 1.49. The van der Waals surface area contributed by atoms with Crippen LogP contribution in [-0.4, -0.2) is 15.2 Å². The van der Waals surface area contributed by atoms with Gasteiger partial charge in [0.15, 0.2) is 5.82 Å². The Balaban J connectivity index is 2.51. The Morgan fingerprint density at radius 3 is 2.85 bits per heavy atom. The molecule has 0 aliphatic heterocycles. The predicted molar refractivity (Wildman–Crippen MR) is 49.7 cm³/mol. The summed E-state index contributed by atoms with van der Waals surface area (Å²) in [6.45, 7) is 0.511. The number of rotatable bonds is 2. The minimum Gasteiger partial charge on any atom is -0.326 e. The topological polar surface area (TPSA) is 67.6 Å². The minimum atomic E-state index is 0.511. The van der Waals surface area contributed by atoms with E-state index >= 15 is 0 Å². The van der Waals surface area contributed by atoms with Crippen LogP contribution in [0.25, 0.3) is 11.4 Å². The van der Waals surface area contributed by atoms with Crippen LogP contribution in [0.15, 0.2) is 30.6 Å². The second kappa shape index (κ2) is 3.37. The van der Waals surface area contributed by atoms with Gasteiger partial charge in [-0.2, -0.15) is 5.10 Å². The van der Waals surface area contributed by atoms with Gasteiger partial charge in [0.1, 0.15) is 6.33 Å². The highest BCUT2D eigenvalue weighted by Gasteiger charge is 2.04. The molecule has 0 aliphatic carbocycles. The van der Waals surface area contributed by atoms with Crippen LogP contribution in [0.1, 0.15) is 5.56 Å². The van der Waals surface area contributed by atoms with E-state index in [1.54, 1.807) is 0 Å². The fourth-order valence-corrected chi connectivity index (χ4v) is 1.26. The van der Waals surface area contributed by atoms with Crippen molar-refractivity contribution >= 4 is 0 Å². The fourth-order valence-electron chi connectivity index (χ4n) is 1.26. The first-order valence-electron chi connectivity index (χ1n) is 4.05. The molecule has 0 fully saturated rings. The van der Waals surface area contributed by atoms with Crippen molar-refractivity contribution < 1.29 is 0 Å². The first-order valence-corrected chi connectivity index (χ1v) is 4.05. The quantitative estimate of drug-likeness (QED) is 0.711. The van der Waals surface area contributed by atoms with Crippen molar-refractivity contribution in [1.29, 1.82) is 0 Å². The van der Waals surface area contributed by atoms with Crippen molar-refractivity contribution in [3.63, 3.8) is 0 Å². The summed E-state index contributed by atoms with van der Waals surface area (Å²) in [7, 11) is 0. The van der Waals surface area contributed by atoms with E-state index in [2.05, 4.69) is 15.2 Å². The third-order valence-corrected chi connectivity index (χ3v) is 1.91. The fraction of sp³-hybridized carbons (Fsp3) is 0.111. The van der Waals surface area contributed by atoms with E-state index in [4.69, 9.17) is 5.73 Å². The standard InChI is InChI=1S/C9H10N4/c10-5-7-3-1-2-4-8(7)9-11-6-12-13-9/h1-4,6H,5,10H2,(H,11,12,13). The van der Waals surface area contributed by atoms with Gasteiger partial charge in [-0.3, -0.25) is 5.10 Å². The molecule has 4 nitrogen and oxygen atoms in total. The molecule has 1 aromatic carbocycles. The average Bonchev–Trinajstić information content (AvgIpc) is 2.70. The van der Waals surface area contributed by atoms with Crippen molar-refractivity contribution in [2.45, 2.75) is 6.54 Å². The Kier molecular flexibility index (Phi) is 2.06. The van der Waals surface area contributed by atoms with Gasteiger partial charge in [0.05, 0.1) is 0 Å². The molecule has 2 rings (SSSR count). The predicted octanol–water partition coefficient (Wildman–Crippen LogP) is 0.930. The third kappa shape index (κ3) is 1.43. The molecule has 0 aliphatic rings. The number of hydrogen-bond donors (Lipinski definition) is 2. The minimum absolute atomic E-state index is 0.511. The lowest BCUT2D eigenvalue weighted by atomic mass is 10.1. The Morgan fingerprint density at radius 1 is 1.31 bits per heavy atom. The maximum absolute atomic E-state index is 5.59. The van der Waals surface area contributed by atoms with Crippen molar-refractivity contribution in [1.82, 2.24) is 15.2 Å². The first kappa shape index (κ1) is 7.94. The highest BCUT2D eigenvalue weighted by molar-refractivity contribution is 5.59. The number of aromatic nitrogens is 3. The molecule has 3 N–H and O–H groups in total. The maximum atomic E-state index is 5.59. The Labute approximate surface area is 75.8 Å². The van der Waals surface area contributed by atoms with Gasteiger partial charge < -0.3 is 5.73 Å². The largest absolute Gasteiger partial charge is 0.326 e. The van der Waals surface area contributed by atoms with Gasteiger partial charge in [-0.25, -0.2) is 4.98 Å². The molecule has 0 atom stereocenters.